The Kier molecular flexibility index (Phi) is 3.32. The minimum atomic E-state index is 0.499. The molecule has 0 saturated heterocycles. The maximum atomic E-state index is 4.93. The van der Waals surface area contributed by atoms with Gasteiger partial charge in [0.15, 0.2) is 0 Å². The number of halogens is 1. The van der Waals surface area contributed by atoms with Crippen LogP contribution in [-0.4, -0.2) is 0 Å². The third-order valence-electron chi connectivity index (χ3n) is 1.29. The zero-order chi connectivity index (χ0) is 9.68. The van der Waals surface area contributed by atoms with Crippen LogP contribution in [0.2, 0.25) is 0 Å². The first kappa shape index (κ1) is 9.59. The smallest absolute Gasteiger partial charge is 0.129 e. The summed E-state index contributed by atoms with van der Waals surface area (Å²) < 4.78 is 0.728. The molecule has 0 unspecified atom stereocenters. The molecule has 6 nitrogen and oxygen atoms in total. The maximum Gasteiger partial charge on any atom is 0.129 e. The molecular weight excluding hydrogens is 236 g/mol. The number of benzene rings is 1. The Labute approximate surface area is 82.8 Å². The minimum Gasteiger partial charge on any atom is -0.305 e. The topological polar surface area (TPSA) is 101 Å². The molecule has 7 heteroatoms. The summed E-state index contributed by atoms with van der Waals surface area (Å²) in [6, 6.07) is 5.27. The van der Waals surface area contributed by atoms with E-state index >= 15 is 0 Å². The van der Waals surface area contributed by atoms with E-state index in [1.54, 1.807) is 18.2 Å². The Balaban J connectivity index is 3.25. The van der Waals surface area contributed by atoms with Crippen molar-refractivity contribution < 1.29 is 0 Å². The Morgan fingerprint density at radius 3 is 2.38 bits per heavy atom. The molecule has 0 amide bonds. The zero-order valence-electron chi connectivity index (χ0n) is 6.55. The summed E-state index contributed by atoms with van der Waals surface area (Å²) >= 11 is 3.27. The van der Waals surface area contributed by atoms with Crippen molar-refractivity contribution in [1.82, 2.24) is 0 Å². The van der Waals surface area contributed by atoms with Crippen molar-refractivity contribution in [2.45, 2.75) is 0 Å². The lowest BCUT2D eigenvalue weighted by Gasteiger charge is -1.98. The van der Waals surface area contributed by atoms with Gasteiger partial charge in [-0.15, -0.1) is 10.2 Å². The molecule has 0 spiro atoms. The van der Waals surface area contributed by atoms with Crippen molar-refractivity contribution in [2.75, 3.05) is 0 Å². The van der Waals surface area contributed by atoms with Crippen molar-refractivity contribution in [3.8, 4) is 0 Å². The van der Waals surface area contributed by atoms with E-state index in [0.29, 0.717) is 11.4 Å². The van der Waals surface area contributed by atoms with Crippen LogP contribution in [0.4, 0.5) is 11.4 Å². The first-order valence-corrected chi connectivity index (χ1v) is 4.09. The molecule has 0 atom stereocenters. The second-order valence-electron chi connectivity index (χ2n) is 2.04. The lowest BCUT2D eigenvalue weighted by molar-refractivity contribution is 1.03. The fourth-order valence-electron chi connectivity index (χ4n) is 0.804. The van der Waals surface area contributed by atoms with E-state index in [-0.39, 0.29) is 0 Å². The highest BCUT2D eigenvalue weighted by Gasteiger charge is 2.04. The van der Waals surface area contributed by atoms with Crippen molar-refractivity contribution >= 4 is 27.3 Å². The molecule has 1 rings (SSSR count). The standard InChI is InChI=1S/C6H7BrN6/c7-4-2-1-3-5(10-12-8)6(4)11-13-9/h1-3H,(H2,8,10)(H2,9,11). The summed E-state index contributed by atoms with van der Waals surface area (Å²) in [6.07, 6.45) is 0. The molecule has 1 aromatic rings. The SMILES string of the molecule is NN=Nc1cccc(Br)c1N=NN. The highest BCUT2D eigenvalue weighted by atomic mass is 79.9. The highest BCUT2D eigenvalue weighted by molar-refractivity contribution is 9.10. The Morgan fingerprint density at radius 2 is 1.77 bits per heavy atom. The molecule has 0 radical (unpaired) electrons. The first-order valence-electron chi connectivity index (χ1n) is 3.30. The van der Waals surface area contributed by atoms with Gasteiger partial charge in [0.2, 0.25) is 0 Å². The Morgan fingerprint density at radius 1 is 1.08 bits per heavy atom. The van der Waals surface area contributed by atoms with E-state index < -0.39 is 0 Å². The maximum absolute atomic E-state index is 4.93. The van der Waals surface area contributed by atoms with Gasteiger partial charge in [0.05, 0.1) is 0 Å². The van der Waals surface area contributed by atoms with Crippen LogP contribution in [0.3, 0.4) is 0 Å². The van der Waals surface area contributed by atoms with Crippen LogP contribution in [0.15, 0.2) is 43.3 Å². The number of hydrogen-bond donors (Lipinski definition) is 2. The van der Waals surface area contributed by atoms with Gasteiger partial charge in [-0.1, -0.05) is 16.5 Å². The van der Waals surface area contributed by atoms with Gasteiger partial charge in [0.25, 0.3) is 0 Å². The minimum absolute atomic E-state index is 0.499. The fourth-order valence-corrected chi connectivity index (χ4v) is 1.24. The second kappa shape index (κ2) is 4.51. The van der Waals surface area contributed by atoms with E-state index in [2.05, 4.69) is 36.6 Å². The average molecular weight is 243 g/mol. The normalized spacial score (nSPS) is 11.5. The van der Waals surface area contributed by atoms with Crippen LogP contribution in [0, 0.1) is 0 Å². The molecule has 4 N–H and O–H groups in total. The van der Waals surface area contributed by atoms with E-state index in [1.165, 1.54) is 0 Å². The van der Waals surface area contributed by atoms with Crippen molar-refractivity contribution in [3.05, 3.63) is 22.7 Å². The summed E-state index contributed by atoms with van der Waals surface area (Å²) in [6.45, 7) is 0. The molecule has 0 heterocycles. The number of rotatable bonds is 2. The van der Waals surface area contributed by atoms with E-state index in [1.807, 2.05) is 0 Å². The van der Waals surface area contributed by atoms with Gasteiger partial charge in [-0.3, -0.25) is 0 Å². The molecule has 0 fully saturated rings. The molecule has 0 bridgehead atoms. The van der Waals surface area contributed by atoms with Gasteiger partial charge in [-0.05, 0) is 28.1 Å². The number of nitrogens with zero attached hydrogens (tertiary/aromatic N) is 4. The van der Waals surface area contributed by atoms with Crippen molar-refractivity contribution in [3.63, 3.8) is 0 Å². The molecular formula is C6H7BrN6. The average Bonchev–Trinajstić information content (AvgIpc) is 2.11. The van der Waals surface area contributed by atoms with E-state index in [9.17, 15) is 0 Å². The van der Waals surface area contributed by atoms with Crippen LogP contribution in [0.25, 0.3) is 0 Å². The summed E-state index contributed by atoms with van der Waals surface area (Å²) in [4.78, 5) is 0. The Hall–Kier alpha value is -1.50. The molecule has 0 saturated carbocycles. The third-order valence-corrected chi connectivity index (χ3v) is 1.93. The summed E-state index contributed by atoms with van der Waals surface area (Å²) in [5, 5.41) is 13.6. The van der Waals surface area contributed by atoms with Crippen molar-refractivity contribution in [1.29, 1.82) is 0 Å². The van der Waals surface area contributed by atoms with Gasteiger partial charge in [0.1, 0.15) is 11.4 Å². The van der Waals surface area contributed by atoms with Gasteiger partial charge >= 0.3 is 0 Å². The largest absolute Gasteiger partial charge is 0.305 e. The van der Waals surface area contributed by atoms with Gasteiger partial charge < -0.3 is 11.7 Å². The van der Waals surface area contributed by atoms with Crippen LogP contribution >= 0.6 is 15.9 Å². The lowest BCUT2D eigenvalue weighted by Crippen LogP contribution is -1.78. The monoisotopic (exact) mass is 242 g/mol. The Bertz CT molecular complexity index is 347. The van der Waals surface area contributed by atoms with E-state index in [4.69, 9.17) is 11.7 Å². The molecule has 0 aliphatic heterocycles. The van der Waals surface area contributed by atoms with Crippen LogP contribution in [0.1, 0.15) is 0 Å². The molecule has 0 aliphatic rings. The number of hydrogen-bond acceptors (Lipinski definition) is 4. The van der Waals surface area contributed by atoms with Crippen LogP contribution < -0.4 is 11.7 Å². The lowest BCUT2D eigenvalue weighted by atomic mass is 10.3. The first-order chi connectivity index (χ1) is 6.29. The molecule has 1 aromatic carbocycles. The molecule has 68 valence electrons. The highest BCUT2D eigenvalue weighted by Crippen LogP contribution is 2.35. The molecule has 0 aromatic heterocycles. The van der Waals surface area contributed by atoms with Gasteiger partial charge in [-0.25, -0.2) is 0 Å². The quantitative estimate of drug-likeness (QED) is 0.473. The van der Waals surface area contributed by atoms with Crippen molar-refractivity contribution in [2.24, 2.45) is 32.4 Å². The van der Waals surface area contributed by atoms with Crippen LogP contribution in [-0.2, 0) is 0 Å². The summed E-state index contributed by atoms with van der Waals surface area (Å²) in [7, 11) is 0. The molecule has 0 aliphatic carbocycles. The zero-order valence-corrected chi connectivity index (χ0v) is 8.14. The fraction of sp³-hybridized carbons (Fsp3) is 0. The summed E-state index contributed by atoms with van der Waals surface area (Å²) in [5.41, 5.74) is 1.00. The predicted molar refractivity (Wildman–Crippen MR) is 51.5 cm³/mol. The van der Waals surface area contributed by atoms with Gasteiger partial charge in [0, 0.05) is 4.47 Å². The van der Waals surface area contributed by atoms with E-state index in [0.717, 1.165) is 4.47 Å². The molecule has 13 heavy (non-hydrogen) atoms. The van der Waals surface area contributed by atoms with Gasteiger partial charge in [-0.2, -0.15) is 0 Å². The summed E-state index contributed by atoms with van der Waals surface area (Å²) in [5.74, 6) is 9.84. The third kappa shape index (κ3) is 2.22. The predicted octanol–water partition coefficient (Wildman–Crippen LogP) is 2.36. The van der Waals surface area contributed by atoms with Crippen LogP contribution in [0.5, 0.6) is 0 Å². The second-order valence-corrected chi connectivity index (χ2v) is 2.89. The number of nitrogens with two attached hydrogens (primary N) is 2.